The van der Waals surface area contributed by atoms with Gasteiger partial charge in [0, 0.05) is 19.5 Å². The van der Waals surface area contributed by atoms with Crippen molar-refractivity contribution in [2.75, 3.05) is 13.1 Å². The van der Waals surface area contributed by atoms with Crippen molar-refractivity contribution >= 4 is 11.9 Å². The van der Waals surface area contributed by atoms with Crippen LogP contribution in [0.2, 0.25) is 0 Å². The quantitative estimate of drug-likeness (QED) is 0.816. The number of carboxylic acids is 1. The molecule has 0 aromatic carbocycles. The summed E-state index contributed by atoms with van der Waals surface area (Å²) in [7, 11) is 0. The fourth-order valence-corrected chi connectivity index (χ4v) is 4.27. The fourth-order valence-electron chi connectivity index (χ4n) is 4.27. The largest absolute Gasteiger partial charge is 0.481 e. The minimum absolute atomic E-state index is 0.152. The van der Waals surface area contributed by atoms with Crippen LogP contribution in [-0.2, 0) is 9.59 Å². The van der Waals surface area contributed by atoms with Crippen LogP contribution in [0.1, 0.15) is 71.6 Å². The zero-order valence-electron chi connectivity index (χ0n) is 13.5. The van der Waals surface area contributed by atoms with Crippen LogP contribution in [-0.4, -0.2) is 35.0 Å². The van der Waals surface area contributed by atoms with E-state index in [2.05, 4.69) is 13.8 Å². The average Bonchev–Trinajstić information content (AvgIpc) is 3.05. The van der Waals surface area contributed by atoms with Gasteiger partial charge in [-0.3, -0.25) is 9.59 Å². The number of aliphatic carboxylic acids is 1. The standard InChI is InChI=1S/C17H29NO3/c1-3-16(4-2)9-10-18(13-16)14(19)11-17(12-15(20)21)7-5-6-8-17/h3-13H2,1-2H3,(H,20,21). The summed E-state index contributed by atoms with van der Waals surface area (Å²) in [5.74, 6) is -0.579. The predicted octanol–water partition coefficient (Wildman–Crippen LogP) is 3.45. The Balaban J connectivity index is 1.99. The van der Waals surface area contributed by atoms with Gasteiger partial charge in [0.25, 0.3) is 0 Å². The smallest absolute Gasteiger partial charge is 0.303 e. The Morgan fingerprint density at radius 3 is 2.10 bits per heavy atom. The molecule has 120 valence electrons. The number of likely N-dealkylation sites (tertiary alicyclic amines) is 1. The summed E-state index contributed by atoms with van der Waals surface area (Å²) >= 11 is 0. The number of carbonyl (C=O) groups excluding carboxylic acids is 1. The molecule has 0 aromatic heterocycles. The van der Waals surface area contributed by atoms with E-state index in [1.165, 1.54) is 0 Å². The second-order valence-corrected chi connectivity index (χ2v) is 7.23. The molecular formula is C17H29NO3. The molecule has 2 fully saturated rings. The maximum Gasteiger partial charge on any atom is 0.303 e. The van der Waals surface area contributed by atoms with E-state index in [9.17, 15) is 9.59 Å². The van der Waals surface area contributed by atoms with E-state index in [-0.39, 0.29) is 17.7 Å². The first kappa shape index (κ1) is 16.3. The molecule has 1 heterocycles. The van der Waals surface area contributed by atoms with E-state index in [1.807, 2.05) is 4.90 Å². The Labute approximate surface area is 127 Å². The lowest BCUT2D eigenvalue weighted by Gasteiger charge is -2.30. The molecule has 1 aliphatic carbocycles. The average molecular weight is 295 g/mol. The molecule has 0 atom stereocenters. The lowest BCUT2D eigenvalue weighted by molar-refractivity contribution is -0.141. The van der Waals surface area contributed by atoms with Crippen molar-refractivity contribution < 1.29 is 14.7 Å². The molecule has 4 heteroatoms. The van der Waals surface area contributed by atoms with Gasteiger partial charge in [0.05, 0.1) is 6.42 Å². The van der Waals surface area contributed by atoms with Crippen molar-refractivity contribution in [2.45, 2.75) is 71.6 Å². The molecule has 2 rings (SSSR count). The summed E-state index contributed by atoms with van der Waals surface area (Å²) < 4.78 is 0. The third kappa shape index (κ3) is 3.58. The Hall–Kier alpha value is -1.06. The molecule has 2 aliphatic rings. The molecule has 0 unspecified atom stereocenters. The van der Waals surface area contributed by atoms with Crippen molar-refractivity contribution in [3.8, 4) is 0 Å². The van der Waals surface area contributed by atoms with E-state index in [0.717, 1.165) is 58.0 Å². The van der Waals surface area contributed by atoms with Gasteiger partial charge in [-0.05, 0) is 42.9 Å². The van der Waals surface area contributed by atoms with E-state index in [1.54, 1.807) is 0 Å². The Bertz CT molecular complexity index is 395. The lowest BCUT2D eigenvalue weighted by atomic mass is 9.79. The molecule has 0 radical (unpaired) electrons. The molecule has 0 spiro atoms. The Morgan fingerprint density at radius 1 is 1.00 bits per heavy atom. The van der Waals surface area contributed by atoms with Gasteiger partial charge in [-0.15, -0.1) is 0 Å². The van der Waals surface area contributed by atoms with Crippen LogP contribution in [0.25, 0.3) is 0 Å². The molecule has 1 aliphatic heterocycles. The van der Waals surface area contributed by atoms with Crippen molar-refractivity contribution in [3.05, 3.63) is 0 Å². The van der Waals surface area contributed by atoms with Crippen LogP contribution in [0, 0.1) is 10.8 Å². The molecule has 1 saturated heterocycles. The van der Waals surface area contributed by atoms with Gasteiger partial charge in [-0.1, -0.05) is 26.7 Å². The molecular weight excluding hydrogens is 266 g/mol. The number of amides is 1. The summed E-state index contributed by atoms with van der Waals surface area (Å²) in [6.07, 6.45) is 7.83. The number of hydrogen-bond donors (Lipinski definition) is 1. The summed E-state index contributed by atoms with van der Waals surface area (Å²) in [4.78, 5) is 25.8. The molecule has 0 aromatic rings. The monoisotopic (exact) mass is 295 g/mol. The first-order chi connectivity index (χ1) is 9.94. The zero-order valence-corrected chi connectivity index (χ0v) is 13.5. The van der Waals surface area contributed by atoms with Crippen LogP contribution in [0.5, 0.6) is 0 Å². The van der Waals surface area contributed by atoms with Gasteiger partial charge in [-0.2, -0.15) is 0 Å². The molecule has 0 bridgehead atoms. The third-order valence-electron chi connectivity index (χ3n) is 6.01. The number of carboxylic acid groups (broad SMARTS) is 1. The Kier molecular flexibility index (Phi) is 4.95. The predicted molar refractivity (Wildman–Crippen MR) is 82.0 cm³/mol. The first-order valence-electron chi connectivity index (χ1n) is 8.44. The van der Waals surface area contributed by atoms with Crippen LogP contribution in [0.4, 0.5) is 0 Å². The van der Waals surface area contributed by atoms with Crippen LogP contribution in [0.3, 0.4) is 0 Å². The van der Waals surface area contributed by atoms with Crippen LogP contribution in [0.15, 0.2) is 0 Å². The third-order valence-corrected chi connectivity index (χ3v) is 6.01. The maximum absolute atomic E-state index is 12.6. The second kappa shape index (κ2) is 6.37. The fraction of sp³-hybridized carbons (Fsp3) is 0.882. The number of hydrogen-bond acceptors (Lipinski definition) is 2. The van der Waals surface area contributed by atoms with E-state index in [4.69, 9.17) is 5.11 Å². The zero-order chi connectivity index (χ0) is 15.5. The van der Waals surface area contributed by atoms with Gasteiger partial charge in [0.2, 0.25) is 5.91 Å². The minimum Gasteiger partial charge on any atom is -0.481 e. The van der Waals surface area contributed by atoms with E-state index < -0.39 is 5.97 Å². The lowest BCUT2D eigenvalue weighted by Crippen LogP contribution is -2.36. The van der Waals surface area contributed by atoms with Gasteiger partial charge in [-0.25, -0.2) is 0 Å². The topological polar surface area (TPSA) is 57.6 Å². The van der Waals surface area contributed by atoms with Crippen molar-refractivity contribution in [2.24, 2.45) is 10.8 Å². The molecule has 1 saturated carbocycles. The normalized spacial score (nSPS) is 23.4. The maximum atomic E-state index is 12.6. The summed E-state index contributed by atoms with van der Waals surface area (Å²) in [5, 5.41) is 9.15. The second-order valence-electron chi connectivity index (χ2n) is 7.23. The van der Waals surface area contributed by atoms with Gasteiger partial charge in [0.1, 0.15) is 0 Å². The highest BCUT2D eigenvalue weighted by Gasteiger charge is 2.42. The van der Waals surface area contributed by atoms with Gasteiger partial charge in [0.15, 0.2) is 0 Å². The minimum atomic E-state index is -0.761. The number of carbonyl (C=O) groups is 2. The number of nitrogens with zero attached hydrogens (tertiary/aromatic N) is 1. The van der Waals surface area contributed by atoms with E-state index >= 15 is 0 Å². The van der Waals surface area contributed by atoms with Gasteiger partial charge < -0.3 is 10.0 Å². The molecule has 1 amide bonds. The van der Waals surface area contributed by atoms with E-state index in [0.29, 0.717) is 11.8 Å². The highest BCUT2D eigenvalue weighted by atomic mass is 16.4. The molecule has 1 N–H and O–H groups in total. The highest BCUT2D eigenvalue weighted by Crippen LogP contribution is 2.45. The molecule has 21 heavy (non-hydrogen) atoms. The Morgan fingerprint density at radius 2 is 1.62 bits per heavy atom. The summed E-state index contributed by atoms with van der Waals surface area (Å²) in [6, 6.07) is 0. The van der Waals surface area contributed by atoms with Crippen LogP contribution >= 0.6 is 0 Å². The van der Waals surface area contributed by atoms with Crippen LogP contribution < -0.4 is 0 Å². The van der Waals surface area contributed by atoms with Crippen molar-refractivity contribution in [1.82, 2.24) is 4.90 Å². The molecule has 4 nitrogen and oxygen atoms in total. The van der Waals surface area contributed by atoms with Gasteiger partial charge >= 0.3 is 5.97 Å². The summed E-state index contributed by atoms with van der Waals surface area (Å²) in [6.45, 7) is 6.13. The van der Waals surface area contributed by atoms with Crippen molar-refractivity contribution in [1.29, 1.82) is 0 Å². The SMILES string of the molecule is CCC1(CC)CCN(C(=O)CC2(CC(=O)O)CCCC2)C1. The van der Waals surface area contributed by atoms with Crippen molar-refractivity contribution in [3.63, 3.8) is 0 Å². The highest BCUT2D eigenvalue weighted by molar-refractivity contribution is 5.78. The first-order valence-corrected chi connectivity index (χ1v) is 8.44. The number of rotatable bonds is 6. The summed E-state index contributed by atoms with van der Waals surface area (Å²) in [5.41, 5.74) is 0.0257.